The summed E-state index contributed by atoms with van der Waals surface area (Å²) in [7, 11) is 0. The Morgan fingerprint density at radius 3 is 2.70 bits per heavy atom. The zero-order valence-corrected chi connectivity index (χ0v) is 15.1. The number of amides is 2. The molecule has 1 unspecified atom stereocenters. The molecule has 0 bridgehead atoms. The van der Waals surface area contributed by atoms with Gasteiger partial charge in [-0.15, -0.1) is 0 Å². The van der Waals surface area contributed by atoms with E-state index in [-0.39, 0.29) is 23.9 Å². The SMILES string of the molecule is Cc1ccc([N+](=O)[O-])cc1NC(=O)C1CC(=O)N(CCc2ccccc2)C1. The number of nitro benzene ring substituents is 1. The Kier molecular flexibility index (Phi) is 5.49. The van der Waals surface area contributed by atoms with Crippen LogP contribution in [0.1, 0.15) is 17.5 Å². The van der Waals surface area contributed by atoms with Crippen LogP contribution >= 0.6 is 0 Å². The van der Waals surface area contributed by atoms with Gasteiger partial charge in [-0.3, -0.25) is 19.7 Å². The van der Waals surface area contributed by atoms with Crippen molar-refractivity contribution in [3.63, 3.8) is 0 Å². The Labute approximate surface area is 157 Å². The predicted molar refractivity (Wildman–Crippen MR) is 101 cm³/mol. The molecule has 3 rings (SSSR count). The molecule has 140 valence electrons. The Balaban J connectivity index is 1.60. The average Bonchev–Trinajstić information content (AvgIpc) is 3.03. The van der Waals surface area contributed by atoms with Crippen LogP contribution in [0.4, 0.5) is 11.4 Å². The van der Waals surface area contributed by atoms with E-state index < -0.39 is 10.8 Å². The van der Waals surface area contributed by atoms with Crippen LogP contribution in [0.5, 0.6) is 0 Å². The highest BCUT2D eigenvalue weighted by molar-refractivity contribution is 5.97. The molecule has 2 aromatic carbocycles. The number of carbonyl (C=O) groups is 2. The summed E-state index contributed by atoms with van der Waals surface area (Å²) in [4.78, 5) is 36.9. The molecule has 0 saturated carbocycles. The minimum Gasteiger partial charge on any atom is -0.342 e. The van der Waals surface area contributed by atoms with Crippen molar-refractivity contribution in [2.45, 2.75) is 19.8 Å². The lowest BCUT2D eigenvalue weighted by Gasteiger charge is -2.17. The summed E-state index contributed by atoms with van der Waals surface area (Å²) in [6.45, 7) is 2.71. The van der Waals surface area contributed by atoms with E-state index in [1.54, 1.807) is 17.9 Å². The number of carbonyl (C=O) groups excluding carboxylic acids is 2. The quantitative estimate of drug-likeness (QED) is 0.627. The van der Waals surface area contributed by atoms with Crippen molar-refractivity contribution >= 4 is 23.2 Å². The topological polar surface area (TPSA) is 92.5 Å². The van der Waals surface area contributed by atoms with Gasteiger partial charge in [0.1, 0.15) is 0 Å². The van der Waals surface area contributed by atoms with E-state index in [4.69, 9.17) is 0 Å². The van der Waals surface area contributed by atoms with Crippen LogP contribution in [-0.4, -0.2) is 34.7 Å². The van der Waals surface area contributed by atoms with Gasteiger partial charge in [0.25, 0.3) is 5.69 Å². The second kappa shape index (κ2) is 7.99. The second-order valence-corrected chi connectivity index (χ2v) is 6.72. The maximum atomic E-state index is 12.6. The first-order valence-electron chi connectivity index (χ1n) is 8.81. The molecule has 1 aliphatic heterocycles. The second-order valence-electron chi connectivity index (χ2n) is 6.72. The molecule has 1 aliphatic rings. The van der Waals surface area contributed by atoms with Gasteiger partial charge < -0.3 is 10.2 Å². The van der Waals surface area contributed by atoms with Gasteiger partial charge in [-0.1, -0.05) is 36.4 Å². The lowest BCUT2D eigenvalue weighted by Crippen LogP contribution is -2.30. The van der Waals surface area contributed by atoms with Crippen LogP contribution in [0.15, 0.2) is 48.5 Å². The van der Waals surface area contributed by atoms with Gasteiger partial charge >= 0.3 is 0 Å². The van der Waals surface area contributed by atoms with E-state index in [2.05, 4.69) is 5.32 Å². The van der Waals surface area contributed by atoms with Crippen molar-refractivity contribution < 1.29 is 14.5 Å². The molecule has 0 aromatic heterocycles. The van der Waals surface area contributed by atoms with Gasteiger partial charge in [0.15, 0.2) is 0 Å². The third-order valence-electron chi connectivity index (χ3n) is 4.79. The molecule has 2 amide bonds. The zero-order valence-electron chi connectivity index (χ0n) is 15.1. The van der Waals surface area contributed by atoms with Gasteiger partial charge in [0.2, 0.25) is 11.8 Å². The van der Waals surface area contributed by atoms with Crippen molar-refractivity contribution in [2.24, 2.45) is 5.92 Å². The number of nitro groups is 1. The summed E-state index contributed by atoms with van der Waals surface area (Å²) >= 11 is 0. The summed E-state index contributed by atoms with van der Waals surface area (Å²) in [5.41, 5.74) is 2.21. The Hall–Kier alpha value is -3.22. The maximum Gasteiger partial charge on any atom is 0.271 e. The number of rotatable bonds is 6. The zero-order chi connectivity index (χ0) is 19.4. The fourth-order valence-corrected chi connectivity index (χ4v) is 3.17. The number of non-ortho nitro benzene ring substituents is 1. The molecule has 1 fully saturated rings. The highest BCUT2D eigenvalue weighted by Crippen LogP contribution is 2.25. The number of hydrogen-bond acceptors (Lipinski definition) is 4. The van der Waals surface area contributed by atoms with Gasteiger partial charge in [-0.25, -0.2) is 0 Å². The van der Waals surface area contributed by atoms with Crippen molar-refractivity contribution in [1.82, 2.24) is 4.90 Å². The molecule has 1 heterocycles. The number of nitrogens with one attached hydrogen (secondary N) is 1. The van der Waals surface area contributed by atoms with Crippen molar-refractivity contribution in [3.05, 3.63) is 69.8 Å². The molecular formula is C20H21N3O4. The van der Waals surface area contributed by atoms with Crippen molar-refractivity contribution in [3.8, 4) is 0 Å². The van der Waals surface area contributed by atoms with E-state index >= 15 is 0 Å². The monoisotopic (exact) mass is 367 g/mol. The summed E-state index contributed by atoms with van der Waals surface area (Å²) in [5, 5.41) is 13.7. The fourth-order valence-electron chi connectivity index (χ4n) is 3.17. The van der Waals surface area contributed by atoms with Crippen molar-refractivity contribution in [2.75, 3.05) is 18.4 Å². The number of anilines is 1. The molecule has 7 heteroatoms. The highest BCUT2D eigenvalue weighted by Gasteiger charge is 2.34. The summed E-state index contributed by atoms with van der Waals surface area (Å²) in [5.74, 6) is -0.775. The third-order valence-corrected chi connectivity index (χ3v) is 4.79. The fraction of sp³-hybridized carbons (Fsp3) is 0.300. The molecule has 27 heavy (non-hydrogen) atoms. The van der Waals surface area contributed by atoms with E-state index in [1.807, 2.05) is 30.3 Å². The molecule has 1 saturated heterocycles. The number of likely N-dealkylation sites (tertiary alicyclic amines) is 1. The molecule has 7 nitrogen and oxygen atoms in total. The normalized spacial score (nSPS) is 16.4. The lowest BCUT2D eigenvalue weighted by atomic mass is 10.1. The van der Waals surface area contributed by atoms with Crippen LogP contribution < -0.4 is 5.32 Å². The van der Waals surface area contributed by atoms with Crippen LogP contribution in [0.25, 0.3) is 0 Å². The van der Waals surface area contributed by atoms with Crippen LogP contribution in [0.3, 0.4) is 0 Å². The van der Waals surface area contributed by atoms with E-state index in [0.29, 0.717) is 18.8 Å². The standard InChI is InChI=1S/C20H21N3O4/c1-14-7-8-17(23(26)27)12-18(14)21-20(25)16-11-19(24)22(13-16)10-9-15-5-3-2-4-6-15/h2-8,12,16H,9-11,13H2,1H3,(H,21,25). The highest BCUT2D eigenvalue weighted by atomic mass is 16.6. The largest absolute Gasteiger partial charge is 0.342 e. The summed E-state index contributed by atoms with van der Waals surface area (Å²) in [6.07, 6.45) is 0.902. The number of aryl methyl sites for hydroxylation is 1. The van der Waals surface area contributed by atoms with E-state index in [1.165, 1.54) is 12.1 Å². The molecule has 0 spiro atoms. The smallest absolute Gasteiger partial charge is 0.271 e. The van der Waals surface area contributed by atoms with Crippen molar-refractivity contribution in [1.29, 1.82) is 0 Å². The summed E-state index contributed by atoms with van der Waals surface area (Å²) in [6, 6.07) is 14.2. The third kappa shape index (κ3) is 4.49. The van der Waals surface area contributed by atoms with Gasteiger partial charge in [0, 0.05) is 31.6 Å². The lowest BCUT2D eigenvalue weighted by molar-refractivity contribution is -0.384. The van der Waals surface area contributed by atoms with Gasteiger partial charge in [-0.2, -0.15) is 0 Å². The Morgan fingerprint density at radius 2 is 2.00 bits per heavy atom. The van der Waals surface area contributed by atoms with Gasteiger partial charge in [0.05, 0.1) is 16.5 Å². The molecule has 0 radical (unpaired) electrons. The molecule has 0 aliphatic carbocycles. The first-order valence-corrected chi connectivity index (χ1v) is 8.81. The van der Waals surface area contributed by atoms with E-state index in [9.17, 15) is 19.7 Å². The predicted octanol–water partition coefficient (Wildman–Crippen LogP) is 2.93. The molecule has 1 atom stereocenters. The summed E-state index contributed by atoms with van der Waals surface area (Å²) < 4.78 is 0. The average molecular weight is 367 g/mol. The first-order chi connectivity index (χ1) is 12.9. The molecule has 1 N–H and O–H groups in total. The Morgan fingerprint density at radius 1 is 1.26 bits per heavy atom. The number of nitrogens with zero attached hydrogens (tertiary/aromatic N) is 2. The Bertz CT molecular complexity index is 867. The number of benzene rings is 2. The van der Waals surface area contributed by atoms with Crippen LogP contribution in [0, 0.1) is 23.0 Å². The van der Waals surface area contributed by atoms with Crippen LogP contribution in [-0.2, 0) is 16.0 Å². The molecule has 2 aromatic rings. The maximum absolute atomic E-state index is 12.6. The van der Waals surface area contributed by atoms with E-state index in [0.717, 1.165) is 17.5 Å². The first kappa shape index (κ1) is 18.6. The minimum atomic E-state index is -0.500. The minimum absolute atomic E-state index is 0.0400. The van der Waals surface area contributed by atoms with Crippen LogP contribution in [0.2, 0.25) is 0 Å². The number of hydrogen-bond donors (Lipinski definition) is 1. The van der Waals surface area contributed by atoms with Gasteiger partial charge in [-0.05, 0) is 24.5 Å². The molecular weight excluding hydrogens is 346 g/mol.